The molecule has 2 aliphatic heterocycles. The van der Waals surface area contributed by atoms with E-state index in [1.807, 2.05) is 56.6 Å². The monoisotopic (exact) mass is 854 g/mol. The van der Waals surface area contributed by atoms with Crippen LogP contribution in [0.2, 0.25) is 5.02 Å². The molecule has 1 fully saturated rings. The van der Waals surface area contributed by atoms with Crippen LogP contribution in [0.15, 0.2) is 113 Å². The van der Waals surface area contributed by atoms with E-state index in [2.05, 4.69) is 78.0 Å². The minimum absolute atomic E-state index is 0.104. The van der Waals surface area contributed by atoms with E-state index in [-0.39, 0.29) is 28.1 Å². The van der Waals surface area contributed by atoms with E-state index < -0.39 is 14.9 Å². The van der Waals surface area contributed by atoms with Crippen LogP contribution >= 0.6 is 23.4 Å². The van der Waals surface area contributed by atoms with Gasteiger partial charge < -0.3 is 10.2 Å². The van der Waals surface area contributed by atoms with Crippen molar-refractivity contribution in [2.75, 3.05) is 49.5 Å². The molecule has 0 radical (unpaired) electrons. The van der Waals surface area contributed by atoms with E-state index in [1.165, 1.54) is 29.6 Å². The van der Waals surface area contributed by atoms with Crippen LogP contribution in [0, 0.1) is 10.1 Å². The number of hydrogen-bond donors (Lipinski definition) is 2. The van der Waals surface area contributed by atoms with Crippen molar-refractivity contribution in [2.24, 2.45) is 0 Å². The summed E-state index contributed by atoms with van der Waals surface area (Å²) in [5.74, 6) is 0.884. The summed E-state index contributed by atoms with van der Waals surface area (Å²) >= 11 is 7.83. The lowest BCUT2D eigenvalue weighted by atomic mass is 9.93. The molecule has 7 rings (SSSR count). The highest BCUT2D eigenvalue weighted by Crippen LogP contribution is 2.34. The van der Waals surface area contributed by atoms with Crippen molar-refractivity contribution in [1.29, 1.82) is 0 Å². The average molecular weight is 856 g/mol. The zero-order valence-corrected chi connectivity index (χ0v) is 36.0. The Morgan fingerprint density at radius 3 is 2.51 bits per heavy atom. The van der Waals surface area contributed by atoms with Crippen LogP contribution in [-0.4, -0.2) is 95.6 Å². The van der Waals surface area contributed by atoms with Crippen molar-refractivity contribution in [3.05, 3.63) is 135 Å². The van der Waals surface area contributed by atoms with Crippen LogP contribution in [0.3, 0.4) is 0 Å². The Labute approximate surface area is 356 Å². The van der Waals surface area contributed by atoms with Crippen LogP contribution in [0.4, 0.5) is 17.2 Å². The Balaban J connectivity index is 0.998. The number of piperidine rings is 1. The number of nitrogens with one attached hydrogen (secondary N) is 2. The molecule has 2 unspecified atom stereocenters. The van der Waals surface area contributed by atoms with Crippen LogP contribution < -0.4 is 10.0 Å². The summed E-state index contributed by atoms with van der Waals surface area (Å²) in [5, 5.41) is 16.4. The molecule has 5 aromatic rings. The molecule has 310 valence electrons. The standard InChI is InChI=1S/C44H51ClN8O4S2/c1-31-25-36(20-23-51(31)27-33-9-7-8-12-39(33)32-13-15-34(45)16-14-32)52-24-21-40-42(28-52)46-30-47-44(40)49-59(56,57)38-17-18-41(43(26-38)53(54)55)48-35(19-22-50(2)3)29-58-37-10-5-4-6-11-37/h4-18,26,30-31,35-36,48H,19-25,27-29H2,1-3H3,(H,46,47,49)/t31-,35?,36?/m0/s1. The maximum atomic E-state index is 13.8. The summed E-state index contributed by atoms with van der Waals surface area (Å²) in [4.78, 5) is 28.7. The van der Waals surface area contributed by atoms with Gasteiger partial charge in [0, 0.05) is 71.6 Å². The molecule has 1 aromatic heterocycles. The summed E-state index contributed by atoms with van der Waals surface area (Å²) in [6, 6.07) is 31.2. The van der Waals surface area contributed by atoms with Crippen molar-refractivity contribution in [3.8, 4) is 11.1 Å². The van der Waals surface area contributed by atoms with Crippen molar-refractivity contribution >= 4 is 50.6 Å². The summed E-state index contributed by atoms with van der Waals surface area (Å²) in [5.41, 5.74) is 5.18. The van der Waals surface area contributed by atoms with Gasteiger partial charge in [-0.1, -0.05) is 66.2 Å². The summed E-state index contributed by atoms with van der Waals surface area (Å²) < 4.78 is 30.3. The van der Waals surface area contributed by atoms with Crippen LogP contribution in [-0.2, 0) is 29.5 Å². The SMILES string of the molecule is C[C@H]1CC(N2CCc3c(ncnc3NS(=O)(=O)c3ccc(NC(CCN(C)C)CSc4ccccc4)c([N+](=O)[O-])c3)C2)CCN1Cc1ccccc1-c1ccc(Cl)cc1. The molecule has 0 amide bonds. The molecule has 59 heavy (non-hydrogen) atoms. The van der Waals surface area contributed by atoms with Gasteiger partial charge in [-0.15, -0.1) is 11.8 Å². The number of nitro groups is 1. The van der Waals surface area contributed by atoms with Crippen LogP contribution in [0.1, 0.15) is 43.0 Å². The normalized spacial score (nSPS) is 18.0. The van der Waals surface area contributed by atoms with E-state index in [9.17, 15) is 18.5 Å². The molecule has 1 saturated heterocycles. The quantitative estimate of drug-likeness (QED) is 0.0562. The molecule has 3 atom stereocenters. The molecule has 3 heterocycles. The maximum absolute atomic E-state index is 13.8. The average Bonchev–Trinajstić information content (AvgIpc) is 3.23. The van der Waals surface area contributed by atoms with Gasteiger partial charge in [0.2, 0.25) is 0 Å². The van der Waals surface area contributed by atoms with Crippen molar-refractivity contribution in [3.63, 3.8) is 0 Å². The lowest BCUT2D eigenvalue weighted by Gasteiger charge is -2.43. The first-order chi connectivity index (χ1) is 28.4. The first-order valence-electron chi connectivity index (χ1n) is 20.0. The number of nitro benzene ring substituents is 1. The van der Waals surface area contributed by atoms with Gasteiger partial charge in [0.1, 0.15) is 17.8 Å². The highest BCUT2D eigenvalue weighted by molar-refractivity contribution is 7.99. The van der Waals surface area contributed by atoms with Gasteiger partial charge in [-0.2, -0.15) is 0 Å². The Morgan fingerprint density at radius 2 is 1.76 bits per heavy atom. The molecule has 2 aliphatic rings. The molecule has 0 bridgehead atoms. The lowest BCUT2D eigenvalue weighted by molar-refractivity contribution is -0.384. The molecule has 0 aliphatic carbocycles. The minimum atomic E-state index is -4.22. The number of sulfonamides is 1. The molecule has 4 aromatic carbocycles. The highest BCUT2D eigenvalue weighted by atomic mass is 35.5. The van der Waals surface area contributed by atoms with E-state index in [1.54, 1.807) is 11.8 Å². The van der Waals surface area contributed by atoms with Crippen molar-refractivity contribution in [1.82, 2.24) is 24.7 Å². The van der Waals surface area contributed by atoms with Crippen LogP contribution in [0.25, 0.3) is 11.1 Å². The molecule has 0 saturated carbocycles. The van der Waals surface area contributed by atoms with E-state index >= 15 is 0 Å². The Bertz CT molecular complexity index is 2340. The molecule has 2 N–H and O–H groups in total. The third-order valence-corrected chi connectivity index (χ3v) is 14.0. The second-order valence-corrected chi connectivity index (χ2v) is 18.8. The number of nitrogens with zero attached hydrogens (tertiary/aromatic N) is 6. The summed E-state index contributed by atoms with van der Waals surface area (Å²) in [7, 11) is -0.252. The number of hydrogen-bond acceptors (Lipinski definition) is 11. The van der Waals surface area contributed by atoms with Gasteiger partial charge in [0.25, 0.3) is 15.7 Å². The predicted octanol–water partition coefficient (Wildman–Crippen LogP) is 8.44. The maximum Gasteiger partial charge on any atom is 0.293 e. The number of benzene rings is 4. The lowest BCUT2D eigenvalue weighted by Crippen LogP contribution is -2.50. The fraction of sp³-hybridized carbons (Fsp3) is 0.364. The minimum Gasteiger partial charge on any atom is -0.376 e. The number of halogens is 1. The number of aromatic nitrogens is 2. The van der Waals surface area contributed by atoms with E-state index in [0.29, 0.717) is 30.8 Å². The largest absolute Gasteiger partial charge is 0.376 e. The second-order valence-electron chi connectivity index (χ2n) is 15.6. The van der Waals surface area contributed by atoms with Gasteiger partial charge in [-0.3, -0.25) is 24.6 Å². The molecular weight excluding hydrogens is 804 g/mol. The van der Waals surface area contributed by atoms with Crippen molar-refractivity contribution < 1.29 is 13.3 Å². The zero-order chi connectivity index (χ0) is 41.5. The van der Waals surface area contributed by atoms with Gasteiger partial charge in [0.15, 0.2) is 0 Å². The van der Waals surface area contributed by atoms with Gasteiger partial charge >= 0.3 is 0 Å². The van der Waals surface area contributed by atoms with E-state index in [0.717, 1.165) is 78.2 Å². The Kier molecular flexibility index (Phi) is 13.9. The fourth-order valence-corrected chi connectivity index (χ4v) is 10.2. The molecular formula is C44H51ClN8O4S2. The topological polar surface area (TPSA) is 137 Å². The highest BCUT2D eigenvalue weighted by Gasteiger charge is 2.33. The van der Waals surface area contributed by atoms with Gasteiger partial charge in [-0.25, -0.2) is 18.4 Å². The predicted molar refractivity (Wildman–Crippen MR) is 238 cm³/mol. The molecule has 15 heteroatoms. The summed E-state index contributed by atoms with van der Waals surface area (Å²) in [6.45, 7) is 6.23. The molecule has 12 nitrogen and oxygen atoms in total. The Hall–Kier alpha value is -4.57. The first kappa shape index (κ1) is 42.6. The smallest absolute Gasteiger partial charge is 0.293 e. The zero-order valence-electron chi connectivity index (χ0n) is 33.6. The number of rotatable bonds is 16. The van der Waals surface area contributed by atoms with Gasteiger partial charge in [-0.05, 0) is 106 Å². The third kappa shape index (κ3) is 10.8. The van der Waals surface area contributed by atoms with Crippen molar-refractivity contribution in [2.45, 2.75) is 73.6 Å². The summed E-state index contributed by atoms with van der Waals surface area (Å²) in [6.07, 6.45) is 4.73. The number of fused-ring (bicyclic) bond motifs is 1. The number of likely N-dealkylation sites (tertiary alicyclic amines) is 1. The third-order valence-electron chi connectivity index (χ3n) is 11.3. The number of thioether (sulfide) groups is 1. The van der Waals surface area contributed by atoms with E-state index in [4.69, 9.17) is 11.6 Å². The van der Waals surface area contributed by atoms with Crippen LogP contribution in [0.5, 0.6) is 0 Å². The fourth-order valence-electron chi connectivity index (χ4n) is 8.01. The van der Waals surface area contributed by atoms with Gasteiger partial charge in [0.05, 0.1) is 15.5 Å². The Morgan fingerprint density at radius 1 is 1.00 bits per heavy atom. The second kappa shape index (κ2) is 19.2. The molecule has 0 spiro atoms. The first-order valence-corrected chi connectivity index (χ1v) is 22.8. The number of anilines is 2.